The van der Waals surface area contributed by atoms with E-state index < -0.39 is 0 Å². The first kappa shape index (κ1) is 37.1. The third-order valence-corrected chi connectivity index (χ3v) is 6.93. The van der Waals surface area contributed by atoms with E-state index in [2.05, 4.69) is 0 Å². The van der Waals surface area contributed by atoms with Crippen LogP contribution >= 0.6 is 0 Å². The van der Waals surface area contributed by atoms with E-state index in [0.29, 0.717) is 32.1 Å². The van der Waals surface area contributed by atoms with Crippen molar-refractivity contribution in [2.24, 2.45) is 0 Å². The molecular formula is C30H51N3O7. The minimum Gasteiger partial charge on any atom is -0.342 e. The fourth-order valence-corrected chi connectivity index (χ4v) is 3.98. The van der Waals surface area contributed by atoms with Gasteiger partial charge in [0, 0.05) is 110 Å². The fourth-order valence-electron chi connectivity index (χ4n) is 3.98. The Labute approximate surface area is 240 Å². The van der Waals surface area contributed by atoms with Crippen molar-refractivity contribution in [2.45, 2.75) is 112 Å². The maximum Gasteiger partial charge on any atom is 0.224 e. The lowest BCUT2D eigenvalue weighted by Gasteiger charge is -2.27. The molecule has 0 bridgehead atoms. The molecule has 10 nitrogen and oxygen atoms in total. The van der Waals surface area contributed by atoms with E-state index in [0.717, 1.165) is 0 Å². The number of hydrogen-bond acceptors (Lipinski definition) is 7. The smallest absolute Gasteiger partial charge is 0.224 e. The van der Waals surface area contributed by atoms with Crippen LogP contribution in [0.1, 0.15) is 112 Å². The van der Waals surface area contributed by atoms with Crippen molar-refractivity contribution in [3.8, 4) is 0 Å². The molecule has 0 aliphatic heterocycles. The number of amides is 3. The van der Waals surface area contributed by atoms with Crippen LogP contribution in [-0.4, -0.2) is 94.8 Å². The standard InChI is InChI=1S/C30H51N3O7/c1-6-11-28(38)33(22-16-29(39)31(18-12-24(34)7-2)19-13-25(35)8-3)23-17-30(40)32(20-14-26(36)9-4)21-15-27(37)10-5/h6-23H2,1-5H3. The largest absolute Gasteiger partial charge is 0.342 e. The van der Waals surface area contributed by atoms with Crippen LogP contribution in [0.2, 0.25) is 0 Å². The molecule has 0 radical (unpaired) electrons. The molecule has 228 valence electrons. The molecule has 0 atom stereocenters. The lowest BCUT2D eigenvalue weighted by atomic mass is 10.1. The molecule has 0 aliphatic carbocycles. The average Bonchev–Trinajstić information content (AvgIpc) is 2.95. The minimum absolute atomic E-state index is 0.0179. The predicted octanol–water partition coefficient (Wildman–Crippen LogP) is 3.53. The van der Waals surface area contributed by atoms with Gasteiger partial charge < -0.3 is 14.7 Å². The molecule has 40 heavy (non-hydrogen) atoms. The molecule has 0 N–H and O–H groups in total. The molecule has 0 aromatic rings. The summed E-state index contributed by atoms with van der Waals surface area (Å²) in [7, 11) is 0. The lowest BCUT2D eigenvalue weighted by molar-refractivity contribution is -0.135. The Kier molecular flexibility index (Phi) is 20.3. The lowest BCUT2D eigenvalue weighted by Crippen LogP contribution is -2.41. The number of carbonyl (C=O) groups is 7. The maximum absolute atomic E-state index is 13.1. The van der Waals surface area contributed by atoms with E-state index in [-0.39, 0.29) is 125 Å². The zero-order valence-corrected chi connectivity index (χ0v) is 25.4. The maximum atomic E-state index is 13.1. The van der Waals surface area contributed by atoms with Crippen LogP contribution < -0.4 is 0 Å². The van der Waals surface area contributed by atoms with Crippen molar-refractivity contribution in [2.75, 3.05) is 39.3 Å². The summed E-state index contributed by atoms with van der Waals surface area (Å²) in [5, 5.41) is 0. The highest BCUT2D eigenvalue weighted by atomic mass is 16.2. The molecule has 0 heterocycles. The highest BCUT2D eigenvalue weighted by Gasteiger charge is 2.22. The molecule has 0 saturated heterocycles. The van der Waals surface area contributed by atoms with Crippen molar-refractivity contribution < 1.29 is 33.6 Å². The summed E-state index contributed by atoms with van der Waals surface area (Å²) >= 11 is 0. The van der Waals surface area contributed by atoms with Gasteiger partial charge in [-0.2, -0.15) is 0 Å². The molecule has 0 aromatic heterocycles. The molecule has 0 aromatic carbocycles. The summed E-state index contributed by atoms with van der Waals surface area (Å²) in [6, 6.07) is 0. The second-order valence-corrected chi connectivity index (χ2v) is 9.96. The van der Waals surface area contributed by atoms with E-state index in [1.54, 1.807) is 27.7 Å². The number of hydrogen-bond donors (Lipinski definition) is 0. The van der Waals surface area contributed by atoms with Gasteiger partial charge in [0.1, 0.15) is 23.1 Å². The van der Waals surface area contributed by atoms with E-state index in [4.69, 9.17) is 0 Å². The molecule has 0 spiro atoms. The minimum atomic E-state index is -0.244. The van der Waals surface area contributed by atoms with E-state index in [1.807, 2.05) is 6.92 Å². The molecule has 10 heteroatoms. The van der Waals surface area contributed by atoms with Crippen LogP contribution in [-0.2, 0) is 33.6 Å². The van der Waals surface area contributed by atoms with Crippen LogP contribution in [0.25, 0.3) is 0 Å². The molecule has 3 amide bonds. The summed E-state index contributed by atoms with van der Waals surface area (Å²) in [5.41, 5.74) is 0. The van der Waals surface area contributed by atoms with E-state index in [9.17, 15) is 33.6 Å². The number of ketones is 4. The zero-order valence-electron chi connectivity index (χ0n) is 25.4. The van der Waals surface area contributed by atoms with E-state index >= 15 is 0 Å². The third kappa shape index (κ3) is 16.3. The van der Waals surface area contributed by atoms with Gasteiger partial charge in [0.05, 0.1) is 0 Å². The molecule has 0 aliphatic rings. The SMILES string of the molecule is CCCC(=O)N(CCC(=O)N(CCC(=O)CC)CCC(=O)CC)CCC(=O)N(CCC(=O)CC)CCC(=O)CC. The van der Waals surface area contributed by atoms with Gasteiger partial charge in [0.25, 0.3) is 0 Å². The average molecular weight is 566 g/mol. The molecular weight excluding hydrogens is 514 g/mol. The van der Waals surface area contributed by atoms with Crippen molar-refractivity contribution in [3.05, 3.63) is 0 Å². The Morgan fingerprint density at radius 1 is 0.350 bits per heavy atom. The summed E-state index contributed by atoms with van der Waals surface area (Å²) in [4.78, 5) is 90.8. The number of rotatable bonds is 24. The molecule has 0 rings (SSSR count). The Morgan fingerprint density at radius 2 is 0.575 bits per heavy atom. The van der Waals surface area contributed by atoms with Gasteiger partial charge in [0.15, 0.2) is 0 Å². The Hall–Kier alpha value is -2.91. The quantitative estimate of drug-likeness (QED) is 0.175. The zero-order chi connectivity index (χ0) is 30.5. The summed E-state index contributed by atoms with van der Waals surface area (Å²) < 4.78 is 0. The van der Waals surface area contributed by atoms with Gasteiger partial charge in [-0.25, -0.2) is 0 Å². The monoisotopic (exact) mass is 565 g/mol. The van der Waals surface area contributed by atoms with Crippen molar-refractivity contribution in [3.63, 3.8) is 0 Å². The number of carbonyl (C=O) groups excluding carboxylic acids is 7. The first-order valence-electron chi connectivity index (χ1n) is 14.9. The number of Topliss-reactive ketones (excluding diaryl/α,β-unsaturated/α-hetero) is 4. The molecule has 0 unspecified atom stereocenters. The Bertz CT molecular complexity index is 756. The molecule has 0 fully saturated rings. The van der Waals surface area contributed by atoms with Gasteiger partial charge in [-0.05, 0) is 6.42 Å². The summed E-state index contributed by atoms with van der Waals surface area (Å²) in [6.07, 6.45) is 3.29. The topological polar surface area (TPSA) is 129 Å². The Balaban J connectivity index is 5.37. The van der Waals surface area contributed by atoms with Crippen LogP contribution in [0, 0.1) is 0 Å². The Morgan fingerprint density at radius 3 is 0.800 bits per heavy atom. The highest BCUT2D eigenvalue weighted by molar-refractivity contribution is 5.84. The van der Waals surface area contributed by atoms with Gasteiger partial charge in [-0.1, -0.05) is 34.6 Å². The molecule has 0 saturated carbocycles. The second-order valence-electron chi connectivity index (χ2n) is 9.96. The third-order valence-electron chi connectivity index (χ3n) is 6.93. The normalized spacial score (nSPS) is 10.6. The predicted molar refractivity (Wildman–Crippen MR) is 154 cm³/mol. The second kappa shape index (κ2) is 21.9. The van der Waals surface area contributed by atoms with Crippen molar-refractivity contribution >= 4 is 40.9 Å². The van der Waals surface area contributed by atoms with Crippen LogP contribution in [0.5, 0.6) is 0 Å². The van der Waals surface area contributed by atoms with Gasteiger partial charge in [-0.15, -0.1) is 0 Å². The first-order valence-corrected chi connectivity index (χ1v) is 14.9. The van der Waals surface area contributed by atoms with Crippen LogP contribution in [0.4, 0.5) is 0 Å². The van der Waals surface area contributed by atoms with Gasteiger partial charge in [0.2, 0.25) is 17.7 Å². The highest BCUT2D eigenvalue weighted by Crippen LogP contribution is 2.09. The van der Waals surface area contributed by atoms with Crippen molar-refractivity contribution in [1.29, 1.82) is 0 Å². The summed E-state index contributed by atoms with van der Waals surface area (Å²) in [6.45, 7) is 10.1. The first-order chi connectivity index (χ1) is 19.0. The van der Waals surface area contributed by atoms with Crippen LogP contribution in [0.15, 0.2) is 0 Å². The van der Waals surface area contributed by atoms with Crippen molar-refractivity contribution in [1.82, 2.24) is 14.7 Å². The van der Waals surface area contributed by atoms with E-state index in [1.165, 1.54) is 14.7 Å². The summed E-state index contributed by atoms with van der Waals surface area (Å²) in [5.74, 6) is -0.525. The van der Waals surface area contributed by atoms with Crippen LogP contribution in [0.3, 0.4) is 0 Å². The van der Waals surface area contributed by atoms with Gasteiger partial charge >= 0.3 is 0 Å². The fraction of sp³-hybridized carbons (Fsp3) is 0.767. The van der Waals surface area contributed by atoms with Gasteiger partial charge in [-0.3, -0.25) is 33.6 Å². The number of nitrogens with zero attached hydrogens (tertiary/aromatic N) is 3.